The minimum atomic E-state index is -1.10. The zero-order valence-electron chi connectivity index (χ0n) is 11.4. The molecular formula is C14H21ClN2O2. The van der Waals surface area contributed by atoms with Crippen molar-refractivity contribution in [2.75, 3.05) is 11.9 Å². The number of anilines is 1. The van der Waals surface area contributed by atoms with Crippen molar-refractivity contribution in [3.8, 4) is 0 Å². The number of unbranched alkanes of at least 4 members (excludes halogenated alkanes) is 1. The molecule has 1 unspecified atom stereocenters. The van der Waals surface area contributed by atoms with Crippen LogP contribution in [0.2, 0.25) is 5.02 Å². The van der Waals surface area contributed by atoms with Gasteiger partial charge in [0, 0.05) is 6.54 Å². The molecule has 1 atom stereocenters. The van der Waals surface area contributed by atoms with Gasteiger partial charge in [-0.3, -0.25) is 0 Å². The zero-order valence-corrected chi connectivity index (χ0v) is 12.2. The topological polar surface area (TPSA) is 62.2 Å². The highest BCUT2D eigenvalue weighted by Crippen LogP contribution is 2.18. The molecular weight excluding hydrogens is 264 g/mol. The summed E-state index contributed by atoms with van der Waals surface area (Å²) in [5.74, 6) is 0.0501. The van der Waals surface area contributed by atoms with E-state index in [1.165, 1.54) is 19.3 Å². The lowest BCUT2D eigenvalue weighted by atomic mass is 9.99. The summed E-state index contributed by atoms with van der Waals surface area (Å²) in [6.07, 6.45) is 4.69. The van der Waals surface area contributed by atoms with Crippen molar-refractivity contribution >= 4 is 23.4 Å². The molecule has 0 spiro atoms. The smallest absolute Gasteiger partial charge is 0.356 e. The average molecular weight is 285 g/mol. The molecule has 1 rings (SSSR count). The molecule has 0 saturated heterocycles. The van der Waals surface area contributed by atoms with Gasteiger partial charge >= 0.3 is 5.97 Å². The third kappa shape index (κ3) is 5.07. The number of rotatable bonds is 8. The monoisotopic (exact) mass is 284 g/mol. The van der Waals surface area contributed by atoms with E-state index in [-0.39, 0.29) is 10.7 Å². The van der Waals surface area contributed by atoms with E-state index in [4.69, 9.17) is 16.7 Å². The Bertz CT molecular complexity index is 424. The van der Waals surface area contributed by atoms with Gasteiger partial charge in [0.1, 0.15) is 5.82 Å². The van der Waals surface area contributed by atoms with E-state index in [1.54, 1.807) is 12.1 Å². The molecule has 0 fully saturated rings. The van der Waals surface area contributed by atoms with E-state index in [0.29, 0.717) is 11.7 Å². The molecule has 0 bridgehead atoms. The molecule has 1 aromatic rings. The zero-order chi connectivity index (χ0) is 14.3. The molecule has 0 aromatic carbocycles. The van der Waals surface area contributed by atoms with Crippen LogP contribution in [0.15, 0.2) is 12.1 Å². The van der Waals surface area contributed by atoms with Crippen molar-refractivity contribution in [3.63, 3.8) is 0 Å². The number of pyridine rings is 1. The first-order valence-electron chi connectivity index (χ1n) is 6.72. The summed E-state index contributed by atoms with van der Waals surface area (Å²) in [6, 6.07) is 3.27. The summed E-state index contributed by atoms with van der Waals surface area (Å²) in [6.45, 7) is 5.16. The molecule has 106 valence electrons. The van der Waals surface area contributed by atoms with Crippen molar-refractivity contribution in [3.05, 3.63) is 22.8 Å². The Labute approximate surface area is 119 Å². The normalized spacial score (nSPS) is 12.2. The van der Waals surface area contributed by atoms with E-state index in [2.05, 4.69) is 24.1 Å². The molecule has 1 heterocycles. The number of carbonyl (C=O) groups is 1. The first-order chi connectivity index (χ1) is 9.08. The third-order valence-electron chi connectivity index (χ3n) is 3.16. The van der Waals surface area contributed by atoms with Crippen LogP contribution in [-0.4, -0.2) is 22.6 Å². The fraction of sp³-hybridized carbons (Fsp3) is 0.571. The number of hydrogen-bond donors (Lipinski definition) is 2. The summed E-state index contributed by atoms with van der Waals surface area (Å²) < 4.78 is 0. The van der Waals surface area contributed by atoms with Crippen LogP contribution in [0.25, 0.3) is 0 Å². The summed E-state index contributed by atoms with van der Waals surface area (Å²) in [4.78, 5) is 15.0. The van der Waals surface area contributed by atoms with Gasteiger partial charge in [-0.05, 0) is 24.5 Å². The number of nitrogens with one attached hydrogen (secondary N) is 1. The number of aromatic carboxylic acids is 1. The highest BCUT2D eigenvalue weighted by molar-refractivity contribution is 6.33. The maximum Gasteiger partial charge on any atom is 0.356 e. The highest BCUT2D eigenvalue weighted by Gasteiger charge is 2.12. The van der Waals surface area contributed by atoms with Crippen LogP contribution in [0, 0.1) is 5.92 Å². The fourth-order valence-electron chi connectivity index (χ4n) is 1.88. The lowest BCUT2D eigenvalue weighted by Gasteiger charge is -2.15. The predicted octanol–water partition coefficient (Wildman–Crippen LogP) is 4.06. The Morgan fingerprint density at radius 1 is 1.47 bits per heavy atom. The summed E-state index contributed by atoms with van der Waals surface area (Å²) in [5.41, 5.74) is -0.103. The molecule has 0 saturated carbocycles. The van der Waals surface area contributed by atoms with Crippen molar-refractivity contribution in [1.82, 2.24) is 4.98 Å². The standard InChI is InChI=1S/C14H21ClN2O2/c1-3-5-6-10(4-2)9-16-12-8-7-11(15)13(17-12)14(18)19/h7-8,10H,3-6,9H2,1-2H3,(H,16,17)(H,18,19). The van der Waals surface area contributed by atoms with Crippen LogP contribution in [0.5, 0.6) is 0 Å². The summed E-state index contributed by atoms with van der Waals surface area (Å²) in [5, 5.41) is 12.3. The van der Waals surface area contributed by atoms with Gasteiger partial charge in [0.05, 0.1) is 5.02 Å². The molecule has 0 aliphatic heterocycles. The largest absolute Gasteiger partial charge is 0.476 e. The van der Waals surface area contributed by atoms with Gasteiger partial charge in [-0.25, -0.2) is 9.78 Å². The molecule has 5 heteroatoms. The lowest BCUT2D eigenvalue weighted by Crippen LogP contribution is -2.15. The van der Waals surface area contributed by atoms with Crippen LogP contribution in [0.3, 0.4) is 0 Å². The number of carboxylic acids is 1. The molecule has 0 aliphatic carbocycles. The Hall–Kier alpha value is -1.29. The molecule has 19 heavy (non-hydrogen) atoms. The third-order valence-corrected chi connectivity index (χ3v) is 3.47. The van der Waals surface area contributed by atoms with E-state index in [1.807, 2.05) is 0 Å². The number of halogens is 1. The maximum absolute atomic E-state index is 10.9. The molecule has 0 aliphatic rings. The number of hydrogen-bond acceptors (Lipinski definition) is 3. The predicted molar refractivity (Wildman–Crippen MR) is 78.0 cm³/mol. The van der Waals surface area contributed by atoms with Gasteiger partial charge in [-0.15, -0.1) is 0 Å². The van der Waals surface area contributed by atoms with Gasteiger partial charge in [-0.1, -0.05) is 44.7 Å². The van der Waals surface area contributed by atoms with E-state index >= 15 is 0 Å². The second-order valence-electron chi connectivity index (χ2n) is 4.63. The average Bonchev–Trinajstić information content (AvgIpc) is 2.40. The summed E-state index contributed by atoms with van der Waals surface area (Å²) in [7, 11) is 0. The Morgan fingerprint density at radius 3 is 2.79 bits per heavy atom. The molecule has 1 aromatic heterocycles. The number of carboxylic acid groups (broad SMARTS) is 1. The van der Waals surface area contributed by atoms with E-state index in [0.717, 1.165) is 13.0 Å². The molecule has 2 N–H and O–H groups in total. The Morgan fingerprint density at radius 2 is 2.21 bits per heavy atom. The van der Waals surface area contributed by atoms with Crippen molar-refractivity contribution in [2.24, 2.45) is 5.92 Å². The van der Waals surface area contributed by atoms with Crippen molar-refractivity contribution in [2.45, 2.75) is 39.5 Å². The number of nitrogens with zero attached hydrogens (tertiary/aromatic N) is 1. The van der Waals surface area contributed by atoms with E-state index in [9.17, 15) is 4.79 Å². The number of aromatic nitrogens is 1. The van der Waals surface area contributed by atoms with Gasteiger partial charge in [0.2, 0.25) is 0 Å². The minimum Gasteiger partial charge on any atom is -0.476 e. The first-order valence-corrected chi connectivity index (χ1v) is 7.10. The Kier molecular flexibility index (Phi) is 6.64. The van der Waals surface area contributed by atoms with Gasteiger partial charge in [0.15, 0.2) is 5.69 Å². The van der Waals surface area contributed by atoms with E-state index < -0.39 is 5.97 Å². The van der Waals surface area contributed by atoms with Crippen LogP contribution < -0.4 is 5.32 Å². The first kappa shape index (κ1) is 15.8. The Balaban J connectivity index is 2.61. The van der Waals surface area contributed by atoms with Gasteiger partial charge in [-0.2, -0.15) is 0 Å². The van der Waals surface area contributed by atoms with Crippen molar-refractivity contribution in [1.29, 1.82) is 0 Å². The van der Waals surface area contributed by atoms with Crippen LogP contribution in [-0.2, 0) is 0 Å². The fourth-order valence-corrected chi connectivity index (χ4v) is 2.07. The summed E-state index contributed by atoms with van der Waals surface area (Å²) >= 11 is 5.78. The van der Waals surface area contributed by atoms with Crippen molar-refractivity contribution < 1.29 is 9.90 Å². The SMILES string of the molecule is CCCCC(CC)CNc1ccc(Cl)c(C(=O)O)n1. The molecule has 4 nitrogen and oxygen atoms in total. The van der Waals surface area contributed by atoms with Crippen LogP contribution in [0.1, 0.15) is 50.0 Å². The van der Waals surface area contributed by atoms with Crippen LogP contribution >= 0.6 is 11.6 Å². The second-order valence-corrected chi connectivity index (χ2v) is 5.04. The van der Waals surface area contributed by atoms with Crippen LogP contribution in [0.4, 0.5) is 5.82 Å². The van der Waals surface area contributed by atoms with Gasteiger partial charge < -0.3 is 10.4 Å². The highest BCUT2D eigenvalue weighted by atomic mass is 35.5. The minimum absolute atomic E-state index is 0.103. The lowest BCUT2D eigenvalue weighted by molar-refractivity contribution is 0.0691. The van der Waals surface area contributed by atoms with Gasteiger partial charge in [0.25, 0.3) is 0 Å². The maximum atomic E-state index is 10.9. The quantitative estimate of drug-likeness (QED) is 0.755. The molecule has 0 amide bonds. The second kappa shape index (κ2) is 8.00. The molecule has 0 radical (unpaired) electrons.